The molecule has 1 aliphatic rings. The summed E-state index contributed by atoms with van der Waals surface area (Å²) in [5.74, 6) is -3.90. The summed E-state index contributed by atoms with van der Waals surface area (Å²) in [5, 5.41) is 49.3. The number of rotatable bonds is 11. The minimum Gasteiger partial charge on any atom is -0.508 e. The van der Waals surface area contributed by atoms with Crippen LogP contribution < -0.4 is 15.6 Å². The highest BCUT2D eigenvalue weighted by molar-refractivity contribution is 5.87. The van der Waals surface area contributed by atoms with Crippen molar-refractivity contribution < 1.29 is 66.2 Å². The zero-order chi connectivity index (χ0) is 40.9. The fraction of sp³-hybridized carbons (Fsp3) is 0.378. The summed E-state index contributed by atoms with van der Waals surface area (Å²) in [7, 11) is 2.15. The topological polar surface area (TPSA) is 193 Å². The average molecular weight is 786 g/mol. The molecular formula is C37H41F6N3O9. The van der Waals surface area contributed by atoms with Crippen molar-refractivity contribution in [3.63, 3.8) is 0 Å². The van der Waals surface area contributed by atoms with Gasteiger partial charge in [0, 0.05) is 24.4 Å². The predicted molar refractivity (Wildman–Crippen MR) is 188 cm³/mol. The molecule has 1 aromatic heterocycles. The van der Waals surface area contributed by atoms with Crippen LogP contribution in [0.4, 0.5) is 26.3 Å². The molecule has 1 atom stereocenters. The number of phenols is 2. The number of likely N-dealkylation sites (tertiary alicyclic amines) is 1. The van der Waals surface area contributed by atoms with Crippen molar-refractivity contribution >= 4 is 22.8 Å². The van der Waals surface area contributed by atoms with E-state index in [0.29, 0.717) is 47.8 Å². The van der Waals surface area contributed by atoms with E-state index < -0.39 is 30.4 Å². The third kappa shape index (κ3) is 14.1. The molecule has 0 spiro atoms. The third-order valence-electron chi connectivity index (χ3n) is 8.51. The van der Waals surface area contributed by atoms with Crippen LogP contribution in [0.5, 0.6) is 17.2 Å². The number of aromatic hydroxyl groups is 2. The van der Waals surface area contributed by atoms with Crippen LogP contribution in [0.15, 0.2) is 71.5 Å². The number of carboxylic acids is 2. The first-order valence-corrected chi connectivity index (χ1v) is 16.8. The van der Waals surface area contributed by atoms with Gasteiger partial charge in [-0.15, -0.1) is 0 Å². The number of alkyl halides is 6. The molecule has 0 bridgehead atoms. The zero-order valence-electron chi connectivity index (χ0n) is 29.5. The number of benzene rings is 3. The fourth-order valence-electron chi connectivity index (χ4n) is 5.58. The van der Waals surface area contributed by atoms with Gasteiger partial charge in [-0.2, -0.15) is 26.3 Å². The summed E-state index contributed by atoms with van der Waals surface area (Å²) >= 11 is 0. The Kier molecular flexibility index (Phi) is 15.9. The SMILES string of the molecule is CN1CCC(c2cc(CCOc3ccc(CCNC[C@H](O)c4ccc(O)c5[nH]c(=O)ccc45)cc3)ccc2O)CC1.O=C(O)C(F)(F)F.O=C(O)C(F)(F)F. The van der Waals surface area contributed by atoms with Gasteiger partial charge in [0.25, 0.3) is 0 Å². The Hall–Kier alpha value is -5.33. The quantitative estimate of drug-likeness (QED) is 0.0750. The minimum atomic E-state index is -5.08. The van der Waals surface area contributed by atoms with Crippen molar-refractivity contribution in [1.29, 1.82) is 0 Å². The average Bonchev–Trinajstić information content (AvgIpc) is 3.12. The number of phenolic OH excluding ortho intramolecular Hbond substituents is 2. The van der Waals surface area contributed by atoms with E-state index in [-0.39, 0.29) is 11.3 Å². The molecule has 0 amide bonds. The Labute approximate surface area is 310 Å². The van der Waals surface area contributed by atoms with Crippen molar-refractivity contribution in [3.8, 4) is 17.2 Å². The lowest BCUT2D eigenvalue weighted by Crippen LogP contribution is -2.29. The molecule has 0 radical (unpaired) electrons. The van der Waals surface area contributed by atoms with Gasteiger partial charge in [0.1, 0.15) is 17.2 Å². The number of fused-ring (bicyclic) bond motifs is 1. The number of aliphatic hydroxyl groups is 1. The number of aliphatic hydroxyl groups excluding tert-OH is 1. The molecule has 2 heterocycles. The van der Waals surface area contributed by atoms with Crippen LogP contribution in [0.1, 0.15) is 47.1 Å². The van der Waals surface area contributed by atoms with E-state index in [1.54, 1.807) is 12.1 Å². The first kappa shape index (κ1) is 44.1. The molecule has 12 nitrogen and oxygen atoms in total. The van der Waals surface area contributed by atoms with E-state index >= 15 is 0 Å². The van der Waals surface area contributed by atoms with Crippen LogP contribution in [0.2, 0.25) is 0 Å². The number of ether oxygens (including phenoxy) is 1. The first-order chi connectivity index (χ1) is 25.8. The maximum atomic E-state index is 11.6. The lowest BCUT2D eigenvalue weighted by atomic mass is 9.88. The van der Waals surface area contributed by atoms with Gasteiger partial charge in [0.2, 0.25) is 5.56 Å². The summed E-state index contributed by atoms with van der Waals surface area (Å²) in [6, 6.07) is 20.2. The van der Waals surface area contributed by atoms with Crippen LogP contribution >= 0.6 is 0 Å². The number of pyridine rings is 1. The van der Waals surface area contributed by atoms with Crippen LogP contribution in [0.3, 0.4) is 0 Å². The number of H-pyrrole nitrogens is 1. The maximum absolute atomic E-state index is 11.6. The van der Waals surface area contributed by atoms with Crippen LogP contribution in [0.25, 0.3) is 10.9 Å². The lowest BCUT2D eigenvalue weighted by molar-refractivity contribution is -0.193. The van der Waals surface area contributed by atoms with Crippen molar-refractivity contribution in [2.45, 2.75) is 50.1 Å². The highest BCUT2D eigenvalue weighted by Gasteiger charge is 2.39. The smallest absolute Gasteiger partial charge is 0.490 e. The van der Waals surface area contributed by atoms with Crippen molar-refractivity contribution in [2.24, 2.45) is 0 Å². The molecule has 7 N–H and O–H groups in total. The number of aromatic nitrogens is 1. The van der Waals surface area contributed by atoms with E-state index in [9.17, 15) is 46.5 Å². The highest BCUT2D eigenvalue weighted by Crippen LogP contribution is 2.34. The summed E-state index contributed by atoms with van der Waals surface area (Å²) in [6.45, 7) is 3.72. The number of aromatic amines is 1. The molecule has 1 fully saturated rings. The van der Waals surface area contributed by atoms with Crippen molar-refractivity contribution in [2.75, 3.05) is 39.8 Å². The van der Waals surface area contributed by atoms with E-state index in [4.69, 9.17) is 24.5 Å². The fourth-order valence-corrected chi connectivity index (χ4v) is 5.58. The molecule has 5 rings (SSSR count). The van der Waals surface area contributed by atoms with E-state index in [1.165, 1.54) is 17.7 Å². The zero-order valence-corrected chi connectivity index (χ0v) is 29.5. The lowest BCUT2D eigenvalue weighted by Gasteiger charge is -2.29. The maximum Gasteiger partial charge on any atom is 0.490 e. The van der Waals surface area contributed by atoms with Crippen molar-refractivity contribution in [3.05, 3.63) is 99.3 Å². The summed E-state index contributed by atoms with van der Waals surface area (Å²) in [6.07, 6.45) is -7.23. The molecule has 0 saturated carbocycles. The Morgan fingerprint density at radius 3 is 2.00 bits per heavy atom. The van der Waals surface area contributed by atoms with Gasteiger partial charge < -0.3 is 45.5 Å². The number of carbonyl (C=O) groups is 2. The van der Waals surface area contributed by atoms with Gasteiger partial charge in [-0.3, -0.25) is 4.79 Å². The molecule has 300 valence electrons. The first-order valence-electron chi connectivity index (χ1n) is 16.8. The third-order valence-corrected chi connectivity index (χ3v) is 8.51. The number of halogens is 6. The van der Waals surface area contributed by atoms with Gasteiger partial charge in [0.05, 0.1) is 18.2 Å². The second-order valence-corrected chi connectivity index (χ2v) is 12.6. The second kappa shape index (κ2) is 19.8. The van der Waals surface area contributed by atoms with Crippen molar-refractivity contribution in [1.82, 2.24) is 15.2 Å². The molecule has 0 unspecified atom stereocenters. The minimum absolute atomic E-state index is 0.0217. The molecule has 4 aromatic rings. The normalized spacial score (nSPS) is 14.3. The predicted octanol–water partition coefficient (Wildman–Crippen LogP) is 5.50. The Morgan fingerprint density at radius 2 is 1.42 bits per heavy atom. The molecule has 3 aromatic carbocycles. The largest absolute Gasteiger partial charge is 0.508 e. The van der Waals surface area contributed by atoms with Gasteiger partial charge in [-0.05, 0) is 104 Å². The molecule has 0 aliphatic carbocycles. The Morgan fingerprint density at radius 1 is 0.855 bits per heavy atom. The van der Waals surface area contributed by atoms with Crippen LogP contribution in [-0.2, 0) is 22.4 Å². The summed E-state index contributed by atoms with van der Waals surface area (Å²) in [4.78, 5) is 34.4. The van der Waals surface area contributed by atoms with Crippen LogP contribution in [0, 0.1) is 0 Å². The standard InChI is InChI=1S/C33H39N3O5.2C2HF3O2/c1-36-17-13-24(14-18-36)28-20-23(4-9-29(28)37)15-19-41-25-5-2-22(3-6-25)12-16-34-21-31(39)26-7-10-30(38)33-27(26)8-11-32(40)35-33;2*3-2(4,5)1(6)7/h2-11,20,24,31,34,37-39H,12-19,21H2,1H3,(H,35,40);2*(H,6,7)/t31-;;/m0../s1. The Balaban J connectivity index is 0.000000494. The number of nitrogens with zero attached hydrogens (tertiary/aromatic N) is 1. The molecule has 55 heavy (non-hydrogen) atoms. The number of nitrogens with one attached hydrogen (secondary N) is 2. The van der Waals surface area contributed by atoms with Gasteiger partial charge in [-0.25, -0.2) is 9.59 Å². The number of carboxylic acid groups (broad SMARTS) is 2. The molecule has 1 saturated heterocycles. The number of aliphatic carboxylic acids is 2. The van der Waals surface area contributed by atoms with Gasteiger partial charge in [0.15, 0.2) is 0 Å². The van der Waals surface area contributed by atoms with Gasteiger partial charge in [-0.1, -0.05) is 30.3 Å². The molecule has 18 heteroatoms. The van der Waals surface area contributed by atoms with Crippen LogP contribution in [-0.4, -0.2) is 99.5 Å². The summed E-state index contributed by atoms with van der Waals surface area (Å²) < 4.78 is 69.5. The monoisotopic (exact) mass is 785 g/mol. The summed E-state index contributed by atoms with van der Waals surface area (Å²) in [5.41, 5.74) is 4.07. The van der Waals surface area contributed by atoms with E-state index in [2.05, 4.69) is 40.4 Å². The Bertz CT molecular complexity index is 1900. The van der Waals surface area contributed by atoms with Gasteiger partial charge >= 0.3 is 24.3 Å². The number of hydrogen-bond acceptors (Lipinski definition) is 9. The molecule has 1 aliphatic heterocycles. The molecular weight excluding hydrogens is 744 g/mol. The second-order valence-electron chi connectivity index (χ2n) is 12.6. The van der Waals surface area contributed by atoms with E-state index in [0.717, 1.165) is 55.6 Å². The highest BCUT2D eigenvalue weighted by atomic mass is 19.4. The van der Waals surface area contributed by atoms with E-state index in [1.807, 2.05) is 24.3 Å². The number of hydrogen-bond donors (Lipinski definition) is 7. The number of piperidine rings is 1.